The molecule has 0 heterocycles. The zero-order valence-electron chi connectivity index (χ0n) is 13.8. The molecule has 0 aliphatic heterocycles. The highest BCUT2D eigenvalue weighted by molar-refractivity contribution is 5.86. The fourth-order valence-corrected chi connectivity index (χ4v) is 2.99. The van der Waals surface area contributed by atoms with E-state index in [0.29, 0.717) is 6.42 Å². The third-order valence-electron chi connectivity index (χ3n) is 4.38. The molecule has 126 valence electrons. The number of esters is 1. The van der Waals surface area contributed by atoms with Gasteiger partial charge in [-0.05, 0) is 30.5 Å². The molecule has 5 nitrogen and oxygen atoms in total. The van der Waals surface area contributed by atoms with Crippen LogP contribution in [0.2, 0.25) is 0 Å². The summed E-state index contributed by atoms with van der Waals surface area (Å²) in [6.07, 6.45) is 5.58. The first-order valence-corrected chi connectivity index (χ1v) is 8.15. The molecule has 1 aliphatic carbocycles. The van der Waals surface area contributed by atoms with E-state index in [4.69, 9.17) is 9.47 Å². The average Bonchev–Trinajstić information content (AvgIpc) is 2.61. The van der Waals surface area contributed by atoms with Crippen molar-refractivity contribution >= 4 is 11.9 Å². The summed E-state index contributed by atoms with van der Waals surface area (Å²) < 4.78 is 9.96. The zero-order valence-corrected chi connectivity index (χ0v) is 13.8. The van der Waals surface area contributed by atoms with E-state index in [9.17, 15) is 9.59 Å². The first-order chi connectivity index (χ1) is 11.1. The van der Waals surface area contributed by atoms with Crippen molar-refractivity contribution in [2.75, 3.05) is 14.2 Å². The minimum Gasteiger partial charge on any atom is -0.497 e. The molecule has 2 rings (SSSR count). The monoisotopic (exact) mass is 319 g/mol. The largest absolute Gasteiger partial charge is 0.497 e. The van der Waals surface area contributed by atoms with Crippen LogP contribution in [0.5, 0.6) is 5.75 Å². The summed E-state index contributed by atoms with van der Waals surface area (Å²) >= 11 is 0. The number of hydrogen-bond acceptors (Lipinski definition) is 4. The number of methoxy groups -OCH3 is 2. The van der Waals surface area contributed by atoms with Gasteiger partial charge in [0, 0.05) is 12.3 Å². The smallest absolute Gasteiger partial charge is 0.328 e. The molecule has 1 N–H and O–H groups in total. The Balaban J connectivity index is 2.00. The second kappa shape index (κ2) is 8.56. The Kier molecular flexibility index (Phi) is 6.44. The molecule has 1 fully saturated rings. The second-order valence-electron chi connectivity index (χ2n) is 5.97. The van der Waals surface area contributed by atoms with E-state index < -0.39 is 12.0 Å². The van der Waals surface area contributed by atoms with Gasteiger partial charge in [0.05, 0.1) is 14.2 Å². The normalized spacial score (nSPS) is 16.4. The minimum absolute atomic E-state index is 0.0202. The Morgan fingerprint density at radius 2 is 1.78 bits per heavy atom. The Bertz CT molecular complexity index is 520. The average molecular weight is 319 g/mol. The Hall–Kier alpha value is -2.04. The van der Waals surface area contributed by atoms with Gasteiger partial charge in [0.1, 0.15) is 11.8 Å². The number of amides is 1. The van der Waals surface area contributed by atoms with Crippen molar-refractivity contribution in [3.63, 3.8) is 0 Å². The van der Waals surface area contributed by atoms with Crippen molar-refractivity contribution in [3.05, 3.63) is 29.8 Å². The van der Waals surface area contributed by atoms with E-state index in [1.807, 2.05) is 24.3 Å². The summed E-state index contributed by atoms with van der Waals surface area (Å²) in [4.78, 5) is 24.4. The summed E-state index contributed by atoms with van der Waals surface area (Å²) in [6.45, 7) is 0. The lowest BCUT2D eigenvalue weighted by Gasteiger charge is -2.24. The molecule has 23 heavy (non-hydrogen) atoms. The third-order valence-corrected chi connectivity index (χ3v) is 4.38. The molecule has 0 spiro atoms. The van der Waals surface area contributed by atoms with Gasteiger partial charge in [0.15, 0.2) is 0 Å². The van der Waals surface area contributed by atoms with Crippen molar-refractivity contribution in [3.8, 4) is 5.75 Å². The van der Waals surface area contributed by atoms with Crippen LogP contribution in [-0.4, -0.2) is 32.1 Å². The number of hydrogen-bond donors (Lipinski definition) is 1. The minimum atomic E-state index is -0.650. The molecule has 0 bridgehead atoms. The number of carbonyl (C=O) groups is 2. The number of rotatable bonds is 6. The third kappa shape index (κ3) is 4.98. The van der Waals surface area contributed by atoms with Gasteiger partial charge in [0.25, 0.3) is 0 Å². The van der Waals surface area contributed by atoms with Crippen LogP contribution in [0, 0.1) is 5.92 Å². The van der Waals surface area contributed by atoms with Crippen LogP contribution >= 0.6 is 0 Å². The van der Waals surface area contributed by atoms with Crippen LogP contribution < -0.4 is 10.1 Å². The standard InChI is InChI=1S/C18H25NO4/c1-22-15-10-8-13(9-11-15)12-16(18(21)23-2)19-17(20)14-6-4-3-5-7-14/h8-11,14,16H,3-7,12H2,1-2H3,(H,19,20)/t16-/m1/s1. The van der Waals surface area contributed by atoms with Gasteiger partial charge in [-0.3, -0.25) is 4.79 Å². The van der Waals surface area contributed by atoms with Crippen LogP contribution in [0.15, 0.2) is 24.3 Å². The SMILES string of the molecule is COC(=O)[C@@H](Cc1ccc(OC)cc1)NC(=O)C1CCCCC1. The summed E-state index contributed by atoms with van der Waals surface area (Å²) in [5.41, 5.74) is 0.949. The number of ether oxygens (including phenoxy) is 2. The van der Waals surface area contributed by atoms with Crippen molar-refractivity contribution < 1.29 is 19.1 Å². The number of nitrogens with one attached hydrogen (secondary N) is 1. The molecular formula is C18H25NO4. The quantitative estimate of drug-likeness (QED) is 0.818. The van der Waals surface area contributed by atoms with Crippen molar-refractivity contribution in [1.29, 1.82) is 0 Å². The Labute approximate surface area is 137 Å². The maximum absolute atomic E-state index is 12.4. The van der Waals surface area contributed by atoms with E-state index >= 15 is 0 Å². The van der Waals surface area contributed by atoms with Gasteiger partial charge >= 0.3 is 5.97 Å². The van der Waals surface area contributed by atoms with Crippen LogP contribution in [0.3, 0.4) is 0 Å². The maximum Gasteiger partial charge on any atom is 0.328 e. The Morgan fingerprint density at radius 1 is 1.13 bits per heavy atom. The highest BCUT2D eigenvalue weighted by Gasteiger charge is 2.27. The second-order valence-corrected chi connectivity index (χ2v) is 5.97. The predicted molar refractivity (Wildman–Crippen MR) is 87.2 cm³/mol. The summed E-state index contributed by atoms with van der Waals surface area (Å²) in [5.74, 6) is 0.333. The maximum atomic E-state index is 12.4. The van der Waals surface area contributed by atoms with Gasteiger partial charge in [-0.2, -0.15) is 0 Å². The van der Waals surface area contributed by atoms with Crippen molar-refractivity contribution in [1.82, 2.24) is 5.32 Å². The van der Waals surface area contributed by atoms with E-state index in [0.717, 1.165) is 37.0 Å². The molecular weight excluding hydrogens is 294 g/mol. The molecule has 1 amide bonds. The first kappa shape index (κ1) is 17.3. The van der Waals surface area contributed by atoms with Gasteiger partial charge in [-0.25, -0.2) is 4.79 Å². The molecule has 1 aliphatic rings. The van der Waals surface area contributed by atoms with Gasteiger partial charge in [-0.15, -0.1) is 0 Å². The number of benzene rings is 1. The van der Waals surface area contributed by atoms with E-state index in [2.05, 4.69) is 5.32 Å². The lowest BCUT2D eigenvalue weighted by atomic mass is 9.88. The van der Waals surface area contributed by atoms with E-state index in [1.165, 1.54) is 13.5 Å². The predicted octanol–water partition coefficient (Wildman–Crippen LogP) is 2.48. The Morgan fingerprint density at radius 3 is 2.35 bits per heavy atom. The van der Waals surface area contributed by atoms with Crippen LogP contribution in [0.25, 0.3) is 0 Å². The fraction of sp³-hybridized carbons (Fsp3) is 0.556. The number of carbonyl (C=O) groups excluding carboxylic acids is 2. The first-order valence-electron chi connectivity index (χ1n) is 8.15. The molecule has 0 saturated heterocycles. The summed E-state index contributed by atoms with van der Waals surface area (Å²) in [5, 5.41) is 2.87. The lowest BCUT2D eigenvalue weighted by Crippen LogP contribution is -2.45. The van der Waals surface area contributed by atoms with Gasteiger partial charge in [-0.1, -0.05) is 31.4 Å². The molecule has 1 aromatic carbocycles. The van der Waals surface area contributed by atoms with E-state index in [-0.39, 0.29) is 11.8 Å². The molecule has 0 unspecified atom stereocenters. The topological polar surface area (TPSA) is 64.6 Å². The van der Waals surface area contributed by atoms with Crippen LogP contribution in [0.1, 0.15) is 37.7 Å². The fourth-order valence-electron chi connectivity index (χ4n) is 2.99. The molecule has 1 saturated carbocycles. The summed E-state index contributed by atoms with van der Waals surface area (Å²) in [7, 11) is 2.95. The zero-order chi connectivity index (χ0) is 16.7. The van der Waals surface area contributed by atoms with Crippen molar-refractivity contribution in [2.24, 2.45) is 5.92 Å². The van der Waals surface area contributed by atoms with Crippen molar-refractivity contribution in [2.45, 2.75) is 44.6 Å². The van der Waals surface area contributed by atoms with Gasteiger partial charge < -0.3 is 14.8 Å². The molecule has 1 atom stereocenters. The highest BCUT2D eigenvalue weighted by atomic mass is 16.5. The molecule has 1 aromatic rings. The lowest BCUT2D eigenvalue weighted by molar-refractivity contribution is -0.145. The summed E-state index contributed by atoms with van der Waals surface area (Å²) in [6, 6.07) is 6.81. The molecule has 5 heteroatoms. The molecule has 0 aromatic heterocycles. The van der Waals surface area contributed by atoms with Gasteiger partial charge in [0.2, 0.25) is 5.91 Å². The van der Waals surface area contributed by atoms with Crippen LogP contribution in [0.4, 0.5) is 0 Å². The highest BCUT2D eigenvalue weighted by Crippen LogP contribution is 2.24. The van der Waals surface area contributed by atoms with E-state index in [1.54, 1.807) is 7.11 Å². The molecule has 0 radical (unpaired) electrons. The van der Waals surface area contributed by atoms with Crippen LogP contribution in [-0.2, 0) is 20.7 Å².